The van der Waals surface area contributed by atoms with Gasteiger partial charge in [0.25, 0.3) is 10.0 Å². The standard InChI is InChI=1S/C14H15N3O2S/c15-12-5-7-13(8-6-12)20(18,19)16-17-10-9-11-3-1-2-4-14(11)17/h1-8,16H,9-10,15H2. The van der Waals surface area contributed by atoms with Crippen LogP contribution in [0.3, 0.4) is 0 Å². The third kappa shape index (κ3) is 2.35. The summed E-state index contributed by atoms with van der Waals surface area (Å²) in [6.45, 7) is 0.632. The quantitative estimate of drug-likeness (QED) is 0.840. The zero-order chi connectivity index (χ0) is 14.2. The third-order valence-corrected chi connectivity index (χ3v) is 4.66. The maximum Gasteiger partial charge on any atom is 0.257 e. The maximum absolute atomic E-state index is 12.3. The highest BCUT2D eigenvalue weighted by atomic mass is 32.2. The molecule has 0 fully saturated rings. The summed E-state index contributed by atoms with van der Waals surface area (Å²) in [6, 6.07) is 13.9. The largest absolute Gasteiger partial charge is 0.399 e. The van der Waals surface area contributed by atoms with Gasteiger partial charge in [-0.1, -0.05) is 18.2 Å². The first-order chi connectivity index (χ1) is 9.56. The van der Waals surface area contributed by atoms with Gasteiger partial charge < -0.3 is 5.73 Å². The molecule has 1 heterocycles. The van der Waals surface area contributed by atoms with Crippen molar-refractivity contribution in [2.75, 3.05) is 17.3 Å². The number of hydrogen-bond acceptors (Lipinski definition) is 4. The van der Waals surface area contributed by atoms with E-state index in [1.165, 1.54) is 12.1 Å². The van der Waals surface area contributed by atoms with Crippen molar-refractivity contribution in [3.05, 3.63) is 54.1 Å². The zero-order valence-electron chi connectivity index (χ0n) is 10.8. The minimum atomic E-state index is -3.58. The number of sulfonamides is 1. The van der Waals surface area contributed by atoms with E-state index < -0.39 is 10.0 Å². The summed E-state index contributed by atoms with van der Waals surface area (Å²) in [5.41, 5.74) is 8.16. The molecule has 1 aliphatic heterocycles. The van der Waals surface area contributed by atoms with Gasteiger partial charge in [-0.3, -0.25) is 5.01 Å². The van der Waals surface area contributed by atoms with Crippen LogP contribution < -0.4 is 15.6 Å². The van der Waals surface area contributed by atoms with Crippen molar-refractivity contribution in [2.24, 2.45) is 0 Å². The Morgan fingerprint density at radius 1 is 1.05 bits per heavy atom. The van der Waals surface area contributed by atoms with Gasteiger partial charge >= 0.3 is 0 Å². The summed E-state index contributed by atoms with van der Waals surface area (Å²) < 4.78 is 24.6. The van der Waals surface area contributed by atoms with E-state index in [0.29, 0.717) is 12.2 Å². The van der Waals surface area contributed by atoms with Crippen LogP contribution in [0.2, 0.25) is 0 Å². The molecule has 1 aliphatic rings. The van der Waals surface area contributed by atoms with E-state index in [9.17, 15) is 8.42 Å². The number of nitrogens with zero attached hydrogens (tertiary/aromatic N) is 1. The fourth-order valence-electron chi connectivity index (χ4n) is 2.28. The summed E-state index contributed by atoms with van der Waals surface area (Å²) in [6.07, 6.45) is 0.834. The molecular formula is C14H15N3O2S. The molecule has 5 nitrogen and oxygen atoms in total. The van der Waals surface area contributed by atoms with Crippen LogP contribution in [0.4, 0.5) is 11.4 Å². The first-order valence-corrected chi connectivity index (χ1v) is 7.78. The molecular weight excluding hydrogens is 274 g/mol. The van der Waals surface area contributed by atoms with Gasteiger partial charge in [0.1, 0.15) is 0 Å². The monoisotopic (exact) mass is 289 g/mol. The second kappa shape index (κ2) is 4.81. The number of rotatable bonds is 3. The molecule has 2 aromatic rings. The number of para-hydroxylation sites is 1. The Balaban J connectivity index is 1.86. The van der Waals surface area contributed by atoms with Gasteiger partial charge in [0, 0.05) is 12.2 Å². The van der Waals surface area contributed by atoms with E-state index in [1.54, 1.807) is 17.1 Å². The summed E-state index contributed by atoms with van der Waals surface area (Å²) in [4.78, 5) is 2.82. The normalized spacial score (nSPS) is 14.3. The molecule has 2 aromatic carbocycles. The molecule has 3 rings (SSSR count). The van der Waals surface area contributed by atoms with Crippen molar-refractivity contribution in [2.45, 2.75) is 11.3 Å². The molecule has 0 bridgehead atoms. The van der Waals surface area contributed by atoms with E-state index in [4.69, 9.17) is 5.73 Å². The Morgan fingerprint density at radius 3 is 2.50 bits per heavy atom. The number of nitrogen functional groups attached to an aromatic ring is 1. The van der Waals surface area contributed by atoms with Crippen molar-refractivity contribution in [3.63, 3.8) is 0 Å². The smallest absolute Gasteiger partial charge is 0.257 e. The van der Waals surface area contributed by atoms with Crippen LogP contribution in [0, 0.1) is 0 Å². The van der Waals surface area contributed by atoms with Crippen molar-refractivity contribution < 1.29 is 8.42 Å². The Bertz CT molecular complexity index is 726. The second-order valence-electron chi connectivity index (χ2n) is 4.69. The predicted octanol–water partition coefficient (Wildman–Crippen LogP) is 1.52. The zero-order valence-corrected chi connectivity index (χ0v) is 11.6. The molecule has 0 saturated heterocycles. The highest BCUT2D eigenvalue weighted by Gasteiger charge is 2.24. The lowest BCUT2D eigenvalue weighted by Gasteiger charge is -2.20. The number of nitrogens with two attached hydrogens (primary N) is 1. The van der Waals surface area contributed by atoms with Crippen LogP contribution in [-0.4, -0.2) is 15.0 Å². The average molecular weight is 289 g/mol. The SMILES string of the molecule is Nc1ccc(S(=O)(=O)NN2CCc3ccccc32)cc1. The highest BCUT2D eigenvalue weighted by molar-refractivity contribution is 7.89. The summed E-state index contributed by atoms with van der Waals surface area (Å²) in [7, 11) is -3.58. The molecule has 0 aromatic heterocycles. The molecule has 0 aliphatic carbocycles. The van der Waals surface area contributed by atoms with Gasteiger partial charge in [-0.25, -0.2) is 8.42 Å². The van der Waals surface area contributed by atoms with Gasteiger partial charge in [0.15, 0.2) is 0 Å². The van der Waals surface area contributed by atoms with Crippen molar-refractivity contribution >= 4 is 21.4 Å². The summed E-state index contributed by atoms with van der Waals surface area (Å²) in [5.74, 6) is 0. The van der Waals surface area contributed by atoms with Gasteiger partial charge in [0.2, 0.25) is 0 Å². The summed E-state index contributed by atoms with van der Waals surface area (Å²) in [5, 5.41) is 1.67. The van der Waals surface area contributed by atoms with E-state index in [1.807, 2.05) is 24.3 Å². The van der Waals surface area contributed by atoms with E-state index in [0.717, 1.165) is 17.7 Å². The number of nitrogens with one attached hydrogen (secondary N) is 1. The lowest BCUT2D eigenvalue weighted by Crippen LogP contribution is -2.41. The Morgan fingerprint density at radius 2 is 1.75 bits per heavy atom. The molecule has 0 spiro atoms. The Hall–Kier alpha value is -2.05. The van der Waals surface area contributed by atoms with Crippen LogP contribution in [0.1, 0.15) is 5.56 Å². The van der Waals surface area contributed by atoms with E-state index in [2.05, 4.69) is 4.83 Å². The molecule has 104 valence electrons. The lowest BCUT2D eigenvalue weighted by atomic mass is 10.2. The number of benzene rings is 2. The average Bonchev–Trinajstić information content (AvgIpc) is 2.82. The van der Waals surface area contributed by atoms with Gasteiger partial charge in [-0.2, -0.15) is 0 Å². The number of fused-ring (bicyclic) bond motifs is 1. The predicted molar refractivity (Wildman–Crippen MR) is 78.7 cm³/mol. The van der Waals surface area contributed by atoms with Crippen LogP contribution in [-0.2, 0) is 16.4 Å². The fourth-order valence-corrected chi connectivity index (χ4v) is 3.36. The first kappa shape index (κ1) is 13.0. The molecule has 20 heavy (non-hydrogen) atoms. The Kier molecular flexibility index (Phi) is 3.11. The molecule has 0 unspecified atom stereocenters. The maximum atomic E-state index is 12.3. The van der Waals surface area contributed by atoms with Gasteiger partial charge in [-0.05, 0) is 42.3 Å². The van der Waals surface area contributed by atoms with Crippen molar-refractivity contribution in [1.82, 2.24) is 4.83 Å². The first-order valence-electron chi connectivity index (χ1n) is 6.30. The van der Waals surface area contributed by atoms with E-state index in [-0.39, 0.29) is 4.90 Å². The second-order valence-corrected chi connectivity index (χ2v) is 6.35. The molecule has 0 saturated carbocycles. The molecule has 6 heteroatoms. The van der Waals surface area contributed by atoms with Crippen molar-refractivity contribution in [3.8, 4) is 0 Å². The lowest BCUT2D eigenvalue weighted by molar-refractivity contribution is 0.577. The van der Waals surface area contributed by atoms with Gasteiger partial charge in [0.05, 0.1) is 10.6 Å². The van der Waals surface area contributed by atoms with Crippen LogP contribution in [0.25, 0.3) is 0 Å². The summed E-state index contributed by atoms with van der Waals surface area (Å²) >= 11 is 0. The van der Waals surface area contributed by atoms with Gasteiger partial charge in [-0.15, -0.1) is 4.83 Å². The molecule has 0 amide bonds. The highest BCUT2D eigenvalue weighted by Crippen LogP contribution is 2.26. The number of anilines is 2. The van der Waals surface area contributed by atoms with Crippen LogP contribution in [0.15, 0.2) is 53.4 Å². The third-order valence-electron chi connectivity index (χ3n) is 3.31. The molecule has 3 N–H and O–H groups in total. The minimum Gasteiger partial charge on any atom is -0.399 e. The number of hydrazine groups is 1. The minimum absolute atomic E-state index is 0.205. The fraction of sp³-hybridized carbons (Fsp3) is 0.143. The molecule has 0 atom stereocenters. The number of hydrogen-bond donors (Lipinski definition) is 2. The Labute approximate surface area is 118 Å². The van der Waals surface area contributed by atoms with Crippen molar-refractivity contribution in [1.29, 1.82) is 0 Å². The topological polar surface area (TPSA) is 75.4 Å². The van der Waals surface area contributed by atoms with Crippen LogP contribution >= 0.6 is 0 Å². The molecule has 0 radical (unpaired) electrons. The van der Waals surface area contributed by atoms with E-state index >= 15 is 0 Å². The van der Waals surface area contributed by atoms with Crippen LogP contribution in [0.5, 0.6) is 0 Å².